The molecule has 1 aliphatic rings. The summed E-state index contributed by atoms with van der Waals surface area (Å²) in [5.74, 6) is -0.0620. The molecule has 0 spiro atoms. The van der Waals surface area contributed by atoms with E-state index in [1.165, 1.54) is 12.2 Å². The van der Waals surface area contributed by atoms with Gasteiger partial charge in [-0.3, -0.25) is 9.63 Å². The number of hydrogen-bond donors (Lipinski definition) is 0. The predicted octanol–water partition coefficient (Wildman–Crippen LogP) is 0.821. The van der Waals surface area contributed by atoms with Crippen molar-refractivity contribution in [2.75, 3.05) is 20.8 Å². The van der Waals surface area contributed by atoms with Gasteiger partial charge in [0.15, 0.2) is 0 Å². The van der Waals surface area contributed by atoms with E-state index < -0.39 is 0 Å². The molecular weight excluding hydrogens is 170 g/mol. The zero-order valence-corrected chi connectivity index (χ0v) is 8.66. The fraction of sp³-hybridized carbons (Fsp3) is 0.889. The number of hydrogen-bond acceptors (Lipinski definition) is 3. The molecule has 1 heterocycles. The average Bonchev–Trinajstić information content (AvgIpc) is 2.43. The Morgan fingerprint density at radius 2 is 2.23 bits per heavy atom. The lowest BCUT2D eigenvalue weighted by molar-refractivity contribution is -0.173. The van der Waals surface area contributed by atoms with Gasteiger partial charge in [0.1, 0.15) is 0 Å². The normalized spacial score (nSPS) is 26.0. The lowest BCUT2D eigenvalue weighted by atomic mass is 9.97. The minimum Gasteiger partial charge on any atom is -0.375 e. The number of carbonyl (C=O) groups is 1. The highest BCUT2D eigenvalue weighted by atomic mass is 16.7. The highest BCUT2D eigenvalue weighted by Crippen LogP contribution is 2.29. The molecule has 0 bridgehead atoms. The molecule has 1 saturated heterocycles. The second kappa shape index (κ2) is 3.64. The van der Waals surface area contributed by atoms with E-state index in [1.54, 1.807) is 7.05 Å². The summed E-state index contributed by atoms with van der Waals surface area (Å²) < 4.78 is 5.47. The lowest BCUT2D eigenvalue weighted by Crippen LogP contribution is -2.32. The molecule has 1 amide bonds. The molecule has 0 unspecified atom stereocenters. The first-order valence-electron chi connectivity index (χ1n) is 4.42. The molecule has 1 aliphatic heterocycles. The van der Waals surface area contributed by atoms with Crippen LogP contribution >= 0.6 is 0 Å². The summed E-state index contributed by atoms with van der Waals surface area (Å²) in [7, 11) is 3.10. The van der Waals surface area contributed by atoms with Crippen LogP contribution < -0.4 is 0 Å². The van der Waals surface area contributed by atoms with Crippen LogP contribution in [0.2, 0.25) is 0 Å². The fourth-order valence-electron chi connectivity index (χ4n) is 1.54. The van der Waals surface area contributed by atoms with Gasteiger partial charge in [-0.25, -0.2) is 5.06 Å². The van der Waals surface area contributed by atoms with Gasteiger partial charge >= 0.3 is 0 Å². The van der Waals surface area contributed by atoms with Crippen LogP contribution in [0.3, 0.4) is 0 Å². The molecule has 1 atom stereocenters. The summed E-state index contributed by atoms with van der Waals surface area (Å²) in [5, 5.41) is 1.26. The molecule has 4 nitrogen and oxygen atoms in total. The number of ether oxygens (including phenoxy) is 1. The van der Waals surface area contributed by atoms with E-state index in [0.717, 1.165) is 6.42 Å². The predicted molar refractivity (Wildman–Crippen MR) is 47.9 cm³/mol. The minimum absolute atomic E-state index is 0.00641. The van der Waals surface area contributed by atoms with Gasteiger partial charge in [-0.2, -0.15) is 0 Å². The Morgan fingerprint density at radius 1 is 1.62 bits per heavy atom. The van der Waals surface area contributed by atoms with E-state index in [4.69, 9.17) is 9.57 Å². The second-order valence-electron chi connectivity index (χ2n) is 3.99. The van der Waals surface area contributed by atoms with Crippen molar-refractivity contribution in [2.45, 2.75) is 25.9 Å². The van der Waals surface area contributed by atoms with Crippen LogP contribution in [-0.2, 0) is 14.4 Å². The molecule has 1 fully saturated rings. The van der Waals surface area contributed by atoms with Crippen LogP contribution in [0.4, 0.5) is 0 Å². The molecule has 4 heteroatoms. The summed E-state index contributed by atoms with van der Waals surface area (Å²) in [6.07, 6.45) is 0.763. The first kappa shape index (κ1) is 10.5. The van der Waals surface area contributed by atoms with Crippen molar-refractivity contribution < 1.29 is 14.4 Å². The van der Waals surface area contributed by atoms with Crippen molar-refractivity contribution in [1.82, 2.24) is 5.06 Å². The van der Waals surface area contributed by atoms with E-state index in [1.807, 2.05) is 13.8 Å². The standard InChI is InChI=1S/C9H17NO3/c1-9(2)5-7(6-13-9)8(11)10(3)12-4/h7H,5-6H2,1-4H3/t7-/m1/s1. The van der Waals surface area contributed by atoms with Gasteiger partial charge in [0, 0.05) is 7.05 Å². The summed E-state index contributed by atoms with van der Waals surface area (Å²) in [6, 6.07) is 0. The van der Waals surface area contributed by atoms with Crippen LogP contribution in [0.1, 0.15) is 20.3 Å². The third kappa shape index (κ3) is 2.42. The van der Waals surface area contributed by atoms with Crippen LogP contribution in [-0.4, -0.2) is 37.3 Å². The number of hydroxylamine groups is 2. The molecule has 0 aromatic heterocycles. The van der Waals surface area contributed by atoms with Crippen molar-refractivity contribution in [3.63, 3.8) is 0 Å². The maximum atomic E-state index is 11.6. The first-order chi connectivity index (χ1) is 5.96. The fourth-order valence-corrected chi connectivity index (χ4v) is 1.54. The maximum absolute atomic E-state index is 11.6. The van der Waals surface area contributed by atoms with E-state index in [0.29, 0.717) is 6.61 Å². The van der Waals surface area contributed by atoms with E-state index in [-0.39, 0.29) is 17.4 Å². The average molecular weight is 187 g/mol. The molecule has 0 aliphatic carbocycles. The summed E-state index contributed by atoms with van der Waals surface area (Å²) in [5.41, 5.74) is -0.172. The summed E-state index contributed by atoms with van der Waals surface area (Å²) >= 11 is 0. The third-order valence-corrected chi connectivity index (χ3v) is 2.35. The molecular formula is C9H17NO3. The maximum Gasteiger partial charge on any atom is 0.251 e. The highest BCUT2D eigenvalue weighted by Gasteiger charge is 2.37. The Kier molecular flexibility index (Phi) is 2.93. The van der Waals surface area contributed by atoms with Crippen LogP contribution in [0, 0.1) is 5.92 Å². The Hall–Kier alpha value is -0.610. The second-order valence-corrected chi connectivity index (χ2v) is 3.99. The molecule has 1 rings (SSSR count). The van der Waals surface area contributed by atoms with E-state index in [2.05, 4.69) is 0 Å². The number of amides is 1. The van der Waals surface area contributed by atoms with Crippen LogP contribution in [0.25, 0.3) is 0 Å². The van der Waals surface area contributed by atoms with Crippen molar-refractivity contribution >= 4 is 5.91 Å². The highest BCUT2D eigenvalue weighted by molar-refractivity contribution is 5.78. The lowest BCUT2D eigenvalue weighted by Gasteiger charge is -2.18. The Morgan fingerprint density at radius 3 is 2.62 bits per heavy atom. The Labute approximate surface area is 78.8 Å². The largest absolute Gasteiger partial charge is 0.375 e. The number of nitrogens with zero attached hydrogens (tertiary/aromatic N) is 1. The number of rotatable bonds is 2. The monoisotopic (exact) mass is 187 g/mol. The summed E-state index contributed by atoms with van der Waals surface area (Å²) in [6.45, 7) is 4.49. The molecule has 0 N–H and O–H groups in total. The molecule has 76 valence electrons. The van der Waals surface area contributed by atoms with Gasteiger partial charge in [-0.05, 0) is 20.3 Å². The van der Waals surface area contributed by atoms with Crippen molar-refractivity contribution in [3.05, 3.63) is 0 Å². The summed E-state index contributed by atoms with van der Waals surface area (Å²) in [4.78, 5) is 16.4. The number of carbonyl (C=O) groups excluding carboxylic acids is 1. The molecule has 0 saturated carbocycles. The van der Waals surface area contributed by atoms with Gasteiger partial charge in [0.25, 0.3) is 5.91 Å². The Balaban J connectivity index is 2.51. The van der Waals surface area contributed by atoms with Gasteiger partial charge in [0.05, 0.1) is 25.2 Å². The zero-order chi connectivity index (χ0) is 10.1. The van der Waals surface area contributed by atoms with E-state index >= 15 is 0 Å². The van der Waals surface area contributed by atoms with Crippen molar-refractivity contribution in [1.29, 1.82) is 0 Å². The van der Waals surface area contributed by atoms with Gasteiger partial charge in [-0.1, -0.05) is 0 Å². The molecule has 0 aromatic rings. The topological polar surface area (TPSA) is 38.8 Å². The van der Waals surface area contributed by atoms with Gasteiger partial charge < -0.3 is 4.74 Å². The van der Waals surface area contributed by atoms with Gasteiger partial charge in [-0.15, -0.1) is 0 Å². The SMILES string of the molecule is CON(C)C(=O)[C@H]1COC(C)(C)C1. The van der Waals surface area contributed by atoms with Gasteiger partial charge in [0.2, 0.25) is 0 Å². The quantitative estimate of drug-likeness (QED) is 0.601. The smallest absolute Gasteiger partial charge is 0.251 e. The van der Waals surface area contributed by atoms with Crippen LogP contribution in [0.15, 0.2) is 0 Å². The first-order valence-corrected chi connectivity index (χ1v) is 4.42. The Bertz CT molecular complexity index is 203. The zero-order valence-electron chi connectivity index (χ0n) is 8.66. The van der Waals surface area contributed by atoms with Crippen molar-refractivity contribution in [2.24, 2.45) is 5.92 Å². The molecule has 0 aromatic carbocycles. The minimum atomic E-state index is -0.172. The van der Waals surface area contributed by atoms with E-state index in [9.17, 15) is 4.79 Å². The van der Waals surface area contributed by atoms with Crippen LogP contribution in [0.5, 0.6) is 0 Å². The third-order valence-electron chi connectivity index (χ3n) is 2.35. The molecule has 0 radical (unpaired) electrons. The molecule has 13 heavy (non-hydrogen) atoms. The van der Waals surface area contributed by atoms with Crippen molar-refractivity contribution in [3.8, 4) is 0 Å².